The summed E-state index contributed by atoms with van der Waals surface area (Å²) in [7, 11) is 1.23. The Morgan fingerprint density at radius 1 is 1.67 bits per heavy atom. The van der Waals surface area contributed by atoms with Gasteiger partial charge in [-0.15, -0.1) is 0 Å². The van der Waals surface area contributed by atoms with E-state index in [1.165, 1.54) is 7.11 Å². The number of aliphatic hydroxyl groups is 1. The fourth-order valence-corrected chi connectivity index (χ4v) is 1.62. The Morgan fingerprint density at radius 2 is 2.33 bits per heavy atom. The molecule has 82 valence electrons. The molecule has 0 saturated heterocycles. The minimum absolute atomic E-state index is 0.504. The normalized spacial score (nSPS) is 14.4. The molecule has 1 atom stereocenters. The van der Waals surface area contributed by atoms with Gasteiger partial charge >= 0.3 is 5.97 Å². The van der Waals surface area contributed by atoms with Crippen LogP contribution in [0.5, 0.6) is 0 Å². The van der Waals surface area contributed by atoms with Gasteiger partial charge in [0.05, 0.1) is 13.7 Å². The van der Waals surface area contributed by atoms with Crippen LogP contribution in [0.3, 0.4) is 0 Å². The summed E-state index contributed by atoms with van der Waals surface area (Å²) in [6.45, 7) is -0.504. The largest absolute Gasteiger partial charge is 0.467 e. The third kappa shape index (κ3) is 2.37. The van der Waals surface area contributed by atoms with Crippen molar-refractivity contribution < 1.29 is 14.6 Å². The Morgan fingerprint density at radius 3 is 2.80 bits per heavy atom. The second-order valence-corrected chi connectivity index (χ2v) is 4.05. The quantitative estimate of drug-likeness (QED) is 0.798. The first kappa shape index (κ1) is 12.2. The van der Waals surface area contributed by atoms with Gasteiger partial charge in [0.1, 0.15) is 0 Å². The van der Waals surface area contributed by atoms with E-state index in [9.17, 15) is 9.90 Å². The SMILES string of the molecule is COC(=O)C(N)(CO)c1cccc(Br)c1. The summed E-state index contributed by atoms with van der Waals surface area (Å²) in [4.78, 5) is 11.5. The van der Waals surface area contributed by atoms with Crippen LogP contribution in [0, 0.1) is 0 Å². The smallest absolute Gasteiger partial charge is 0.332 e. The highest BCUT2D eigenvalue weighted by molar-refractivity contribution is 9.10. The van der Waals surface area contributed by atoms with Crippen molar-refractivity contribution in [3.63, 3.8) is 0 Å². The number of hydrogen-bond donors (Lipinski definition) is 2. The molecule has 0 heterocycles. The minimum atomic E-state index is -1.50. The molecule has 0 aromatic heterocycles. The Bertz CT molecular complexity index is 369. The van der Waals surface area contributed by atoms with Gasteiger partial charge in [-0.1, -0.05) is 28.1 Å². The number of methoxy groups -OCH3 is 1. The lowest BCUT2D eigenvalue weighted by molar-refractivity contribution is -0.149. The van der Waals surface area contributed by atoms with Crippen LogP contribution < -0.4 is 5.73 Å². The monoisotopic (exact) mass is 273 g/mol. The van der Waals surface area contributed by atoms with E-state index < -0.39 is 18.1 Å². The minimum Gasteiger partial charge on any atom is -0.467 e. The summed E-state index contributed by atoms with van der Waals surface area (Å²) in [5.74, 6) is -0.664. The molecule has 3 N–H and O–H groups in total. The molecule has 0 bridgehead atoms. The van der Waals surface area contributed by atoms with Gasteiger partial charge in [0.2, 0.25) is 0 Å². The molecule has 0 fully saturated rings. The van der Waals surface area contributed by atoms with Crippen molar-refractivity contribution in [1.29, 1.82) is 0 Å². The predicted octanol–water partition coefficient (Wildman–Crippen LogP) is 0.768. The third-order valence-corrected chi connectivity index (χ3v) is 2.63. The number of carbonyl (C=O) groups excluding carboxylic acids is 1. The molecule has 1 rings (SSSR count). The average Bonchev–Trinajstić information content (AvgIpc) is 2.26. The molecule has 0 amide bonds. The lowest BCUT2D eigenvalue weighted by atomic mass is 9.92. The van der Waals surface area contributed by atoms with Crippen molar-refractivity contribution in [3.8, 4) is 0 Å². The van der Waals surface area contributed by atoms with E-state index in [1.807, 2.05) is 0 Å². The van der Waals surface area contributed by atoms with Crippen LogP contribution in [-0.4, -0.2) is 24.8 Å². The van der Waals surface area contributed by atoms with Gasteiger partial charge in [-0.3, -0.25) is 0 Å². The van der Waals surface area contributed by atoms with Gasteiger partial charge in [-0.2, -0.15) is 0 Å². The first-order chi connectivity index (χ1) is 7.04. The standard InChI is InChI=1S/C10H12BrNO3/c1-15-9(14)10(12,6-13)7-3-2-4-8(11)5-7/h2-5,13H,6,12H2,1H3. The van der Waals surface area contributed by atoms with Crippen LogP contribution in [-0.2, 0) is 15.1 Å². The third-order valence-electron chi connectivity index (χ3n) is 2.14. The zero-order valence-electron chi connectivity index (χ0n) is 8.24. The van der Waals surface area contributed by atoms with Crippen molar-refractivity contribution in [2.45, 2.75) is 5.54 Å². The van der Waals surface area contributed by atoms with E-state index >= 15 is 0 Å². The second-order valence-electron chi connectivity index (χ2n) is 3.13. The lowest BCUT2D eigenvalue weighted by Gasteiger charge is -2.24. The van der Waals surface area contributed by atoms with E-state index in [1.54, 1.807) is 24.3 Å². The molecular weight excluding hydrogens is 262 g/mol. The Kier molecular flexibility index (Phi) is 3.84. The number of carbonyl (C=O) groups is 1. The van der Waals surface area contributed by atoms with Crippen LogP contribution in [0.15, 0.2) is 28.7 Å². The Labute approximate surface area is 96.2 Å². The fraction of sp³-hybridized carbons (Fsp3) is 0.300. The van der Waals surface area contributed by atoms with Crippen molar-refractivity contribution in [3.05, 3.63) is 34.3 Å². The maximum atomic E-state index is 11.5. The zero-order chi connectivity index (χ0) is 11.5. The van der Waals surface area contributed by atoms with E-state index in [-0.39, 0.29) is 0 Å². The van der Waals surface area contributed by atoms with Gasteiger partial charge in [-0.05, 0) is 17.7 Å². The number of ether oxygens (including phenoxy) is 1. The Hall–Kier alpha value is -0.910. The molecular formula is C10H12BrNO3. The van der Waals surface area contributed by atoms with Crippen LogP contribution >= 0.6 is 15.9 Å². The van der Waals surface area contributed by atoms with Crippen LogP contribution in [0.1, 0.15) is 5.56 Å². The van der Waals surface area contributed by atoms with Crippen molar-refractivity contribution in [2.24, 2.45) is 5.73 Å². The summed E-state index contributed by atoms with van der Waals surface area (Å²) < 4.78 is 5.35. The number of hydrogen-bond acceptors (Lipinski definition) is 4. The van der Waals surface area contributed by atoms with E-state index in [0.29, 0.717) is 5.56 Å². The molecule has 0 saturated carbocycles. The summed E-state index contributed by atoms with van der Waals surface area (Å²) in [5, 5.41) is 9.19. The molecule has 5 heteroatoms. The maximum absolute atomic E-state index is 11.5. The van der Waals surface area contributed by atoms with Gasteiger partial charge in [0.25, 0.3) is 0 Å². The van der Waals surface area contributed by atoms with Crippen molar-refractivity contribution >= 4 is 21.9 Å². The summed E-state index contributed by atoms with van der Waals surface area (Å²) in [6.07, 6.45) is 0. The molecule has 1 aromatic carbocycles. The molecule has 1 unspecified atom stereocenters. The second kappa shape index (κ2) is 4.74. The molecule has 0 aliphatic carbocycles. The summed E-state index contributed by atoms with van der Waals surface area (Å²) in [6, 6.07) is 6.88. The molecule has 4 nitrogen and oxygen atoms in total. The first-order valence-electron chi connectivity index (χ1n) is 4.29. The number of halogens is 1. The van der Waals surface area contributed by atoms with Crippen LogP contribution in [0.25, 0.3) is 0 Å². The molecule has 15 heavy (non-hydrogen) atoms. The Balaban J connectivity index is 3.16. The predicted molar refractivity (Wildman–Crippen MR) is 59.1 cm³/mol. The number of benzene rings is 1. The fourth-order valence-electron chi connectivity index (χ4n) is 1.22. The van der Waals surface area contributed by atoms with Crippen molar-refractivity contribution in [1.82, 2.24) is 0 Å². The highest BCUT2D eigenvalue weighted by Crippen LogP contribution is 2.22. The number of rotatable bonds is 3. The van der Waals surface area contributed by atoms with Crippen LogP contribution in [0.4, 0.5) is 0 Å². The molecule has 1 aromatic rings. The van der Waals surface area contributed by atoms with E-state index in [2.05, 4.69) is 20.7 Å². The molecule has 0 aliphatic rings. The van der Waals surface area contributed by atoms with Gasteiger partial charge < -0.3 is 15.6 Å². The lowest BCUT2D eigenvalue weighted by Crippen LogP contribution is -2.48. The molecule has 0 spiro atoms. The average molecular weight is 274 g/mol. The van der Waals surface area contributed by atoms with E-state index in [4.69, 9.17) is 5.73 Å². The van der Waals surface area contributed by atoms with Gasteiger partial charge in [-0.25, -0.2) is 4.79 Å². The number of esters is 1. The van der Waals surface area contributed by atoms with Gasteiger partial charge in [0.15, 0.2) is 5.54 Å². The number of nitrogens with two attached hydrogens (primary N) is 1. The molecule has 0 radical (unpaired) electrons. The topological polar surface area (TPSA) is 72.5 Å². The maximum Gasteiger partial charge on any atom is 0.332 e. The highest BCUT2D eigenvalue weighted by Gasteiger charge is 2.36. The summed E-state index contributed by atoms with van der Waals surface area (Å²) >= 11 is 3.27. The van der Waals surface area contributed by atoms with Gasteiger partial charge in [0, 0.05) is 4.47 Å². The highest BCUT2D eigenvalue weighted by atomic mass is 79.9. The van der Waals surface area contributed by atoms with Crippen molar-refractivity contribution in [2.75, 3.05) is 13.7 Å². The number of aliphatic hydroxyl groups excluding tert-OH is 1. The van der Waals surface area contributed by atoms with E-state index in [0.717, 1.165) is 4.47 Å². The summed E-state index contributed by atoms with van der Waals surface area (Å²) in [5.41, 5.74) is 4.80. The van der Waals surface area contributed by atoms with Crippen LogP contribution in [0.2, 0.25) is 0 Å². The zero-order valence-corrected chi connectivity index (χ0v) is 9.82. The molecule has 0 aliphatic heterocycles. The first-order valence-corrected chi connectivity index (χ1v) is 5.08.